The average Bonchev–Trinajstić information content (AvgIpc) is 2.92. The van der Waals surface area contributed by atoms with E-state index in [0.29, 0.717) is 12.5 Å². The molecular weight excluding hydrogens is 234 g/mol. The summed E-state index contributed by atoms with van der Waals surface area (Å²) in [5.41, 5.74) is 3.76. The van der Waals surface area contributed by atoms with Crippen LogP contribution < -0.4 is 5.32 Å². The van der Waals surface area contributed by atoms with Crippen LogP contribution in [0.1, 0.15) is 10.6 Å². The van der Waals surface area contributed by atoms with Crippen LogP contribution in [0, 0.1) is 6.92 Å². The van der Waals surface area contributed by atoms with Crippen LogP contribution in [-0.2, 0) is 6.54 Å². The first-order valence-corrected chi connectivity index (χ1v) is 6.15. The molecule has 0 fully saturated rings. The van der Waals surface area contributed by atoms with E-state index in [-0.39, 0.29) is 0 Å². The quantitative estimate of drug-likeness (QED) is 0.767. The Morgan fingerprint density at radius 2 is 2.35 bits per heavy atom. The predicted octanol–water partition coefficient (Wildman–Crippen LogP) is 2.11. The van der Waals surface area contributed by atoms with Gasteiger partial charge >= 0.3 is 0 Å². The number of nitrogens with one attached hydrogen (secondary N) is 1. The van der Waals surface area contributed by atoms with Crippen LogP contribution in [0.15, 0.2) is 29.9 Å². The number of hydrogen-bond donors (Lipinski definition) is 1. The van der Waals surface area contributed by atoms with Crippen molar-refractivity contribution in [2.24, 2.45) is 0 Å². The summed E-state index contributed by atoms with van der Waals surface area (Å²) < 4.78 is 1.75. The van der Waals surface area contributed by atoms with Crippen molar-refractivity contribution in [2.45, 2.75) is 13.5 Å². The minimum Gasteiger partial charge on any atom is -0.348 e. The monoisotopic (exact) mass is 245 g/mol. The molecule has 1 N–H and O–H groups in total. The number of anilines is 1. The Kier molecular flexibility index (Phi) is 2.49. The second-order valence-corrected chi connectivity index (χ2v) is 4.59. The molecule has 3 aromatic rings. The fraction of sp³-hybridized carbons (Fsp3) is 0.182. The molecular formula is C11H11N5S. The lowest BCUT2D eigenvalue weighted by Crippen LogP contribution is -2.00. The highest BCUT2D eigenvalue weighted by Crippen LogP contribution is 2.13. The second kappa shape index (κ2) is 4.14. The first kappa shape index (κ1) is 10.2. The molecule has 0 unspecified atom stereocenters. The fourth-order valence-electron chi connectivity index (χ4n) is 1.56. The Morgan fingerprint density at radius 3 is 3.12 bits per heavy atom. The lowest BCUT2D eigenvalue weighted by Gasteiger charge is -1.98. The summed E-state index contributed by atoms with van der Waals surface area (Å²) in [6, 6.07) is 5.80. The topological polar surface area (TPSA) is 55.1 Å². The average molecular weight is 245 g/mol. The molecule has 0 aliphatic rings. The van der Waals surface area contributed by atoms with Gasteiger partial charge in [0.15, 0.2) is 5.65 Å². The molecule has 0 aromatic carbocycles. The summed E-state index contributed by atoms with van der Waals surface area (Å²) >= 11 is 1.64. The van der Waals surface area contributed by atoms with Gasteiger partial charge in [-0.15, -0.1) is 16.4 Å². The molecule has 3 rings (SSSR count). The van der Waals surface area contributed by atoms with Gasteiger partial charge in [-0.05, 0) is 19.1 Å². The fourth-order valence-corrected chi connectivity index (χ4v) is 2.28. The third-order valence-corrected chi connectivity index (χ3v) is 3.43. The van der Waals surface area contributed by atoms with Crippen molar-refractivity contribution in [1.29, 1.82) is 0 Å². The maximum atomic E-state index is 4.37. The van der Waals surface area contributed by atoms with Gasteiger partial charge < -0.3 is 5.32 Å². The van der Waals surface area contributed by atoms with E-state index < -0.39 is 0 Å². The summed E-state index contributed by atoms with van der Waals surface area (Å²) in [5.74, 6) is 0.643. The zero-order valence-electron chi connectivity index (χ0n) is 9.29. The maximum Gasteiger partial charge on any atom is 0.243 e. The van der Waals surface area contributed by atoms with Crippen LogP contribution >= 0.6 is 11.3 Å². The van der Waals surface area contributed by atoms with Crippen molar-refractivity contribution < 1.29 is 0 Å². The van der Waals surface area contributed by atoms with Gasteiger partial charge in [0.05, 0.1) is 17.7 Å². The number of thiazole rings is 1. The Hall–Kier alpha value is -1.95. The lowest BCUT2D eigenvalue weighted by atomic mass is 10.4. The number of hydrogen-bond acceptors (Lipinski definition) is 5. The minimum atomic E-state index is 0.643. The highest BCUT2D eigenvalue weighted by Gasteiger charge is 2.04. The standard InChI is InChI=1S/C11H11N5S/c1-8-9(17-7-13-8)6-12-11-14-10-4-2-3-5-16(10)15-11/h2-5,7H,6H2,1H3,(H,12,15). The van der Waals surface area contributed by atoms with Crippen LogP contribution in [0.5, 0.6) is 0 Å². The van der Waals surface area contributed by atoms with Crippen LogP contribution in [0.3, 0.4) is 0 Å². The van der Waals surface area contributed by atoms with E-state index in [1.54, 1.807) is 15.9 Å². The van der Waals surface area contributed by atoms with Crippen molar-refractivity contribution in [3.05, 3.63) is 40.5 Å². The molecule has 3 aromatic heterocycles. The predicted molar refractivity (Wildman–Crippen MR) is 67.2 cm³/mol. The van der Waals surface area contributed by atoms with Gasteiger partial charge in [-0.3, -0.25) is 0 Å². The molecule has 0 bridgehead atoms. The van der Waals surface area contributed by atoms with Crippen molar-refractivity contribution in [3.8, 4) is 0 Å². The van der Waals surface area contributed by atoms with E-state index in [4.69, 9.17) is 0 Å². The summed E-state index contributed by atoms with van der Waals surface area (Å²) in [4.78, 5) is 9.78. The van der Waals surface area contributed by atoms with Crippen LogP contribution in [-0.4, -0.2) is 19.6 Å². The summed E-state index contributed by atoms with van der Waals surface area (Å²) in [6.07, 6.45) is 1.88. The van der Waals surface area contributed by atoms with E-state index in [0.717, 1.165) is 11.3 Å². The van der Waals surface area contributed by atoms with Gasteiger partial charge in [0.2, 0.25) is 5.95 Å². The van der Waals surface area contributed by atoms with E-state index in [9.17, 15) is 0 Å². The van der Waals surface area contributed by atoms with E-state index >= 15 is 0 Å². The molecule has 86 valence electrons. The van der Waals surface area contributed by atoms with E-state index in [1.165, 1.54) is 4.88 Å². The summed E-state index contributed by atoms with van der Waals surface area (Å²) in [6.45, 7) is 2.72. The van der Waals surface area contributed by atoms with Crippen LogP contribution in [0.25, 0.3) is 5.65 Å². The van der Waals surface area contributed by atoms with Crippen molar-refractivity contribution in [1.82, 2.24) is 19.6 Å². The Bertz CT molecular complexity index is 609. The van der Waals surface area contributed by atoms with Gasteiger partial charge in [-0.2, -0.15) is 4.98 Å². The number of pyridine rings is 1. The van der Waals surface area contributed by atoms with Crippen molar-refractivity contribution in [3.63, 3.8) is 0 Å². The number of rotatable bonds is 3. The number of aromatic nitrogens is 4. The van der Waals surface area contributed by atoms with Gasteiger partial charge in [0.25, 0.3) is 0 Å². The van der Waals surface area contributed by atoms with Crippen LogP contribution in [0.2, 0.25) is 0 Å². The largest absolute Gasteiger partial charge is 0.348 e. The second-order valence-electron chi connectivity index (χ2n) is 3.65. The van der Waals surface area contributed by atoms with Crippen molar-refractivity contribution in [2.75, 3.05) is 5.32 Å². The lowest BCUT2D eigenvalue weighted by molar-refractivity contribution is 0.950. The van der Waals surface area contributed by atoms with Crippen LogP contribution in [0.4, 0.5) is 5.95 Å². The Labute approximate surface area is 102 Å². The van der Waals surface area contributed by atoms with Gasteiger partial charge in [-0.25, -0.2) is 9.50 Å². The minimum absolute atomic E-state index is 0.643. The highest BCUT2D eigenvalue weighted by atomic mass is 32.1. The first-order chi connectivity index (χ1) is 8.33. The SMILES string of the molecule is Cc1ncsc1CNc1nc2ccccn2n1. The third-order valence-electron chi connectivity index (χ3n) is 2.49. The summed E-state index contributed by atoms with van der Waals surface area (Å²) in [7, 11) is 0. The van der Waals surface area contributed by atoms with Gasteiger partial charge in [0.1, 0.15) is 0 Å². The molecule has 17 heavy (non-hydrogen) atoms. The summed E-state index contributed by atoms with van der Waals surface area (Å²) in [5, 5.41) is 7.53. The zero-order valence-corrected chi connectivity index (χ0v) is 10.1. The van der Waals surface area contributed by atoms with E-state index in [2.05, 4.69) is 20.4 Å². The molecule has 6 heteroatoms. The molecule has 0 amide bonds. The smallest absolute Gasteiger partial charge is 0.243 e. The van der Waals surface area contributed by atoms with Gasteiger partial charge in [0, 0.05) is 11.1 Å². The zero-order chi connectivity index (χ0) is 11.7. The maximum absolute atomic E-state index is 4.37. The molecule has 0 saturated carbocycles. The molecule has 0 radical (unpaired) electrons. The molecule has 0 aliphatic carbocycles. The molecule has 5 nitrogen and oxygen atoms in total. The molecule has 0 aliphatic heterocycles. The van der Waals surface area contributed by atoms with E-state index in [1.807, 2.05) is 36.8 Å². The van der Waals surface area contributed by atoms with Crippen molar-refractivity contribution >= 4 is 22.9 Å². The first-order valence-electron chi connectivity index (χ1n) is 5.27. The van der Waals surface area contributed by atoms with Gasteiger partial charge in [-0.1, -0.05) is 6.07 Å². The Balaban J connectivity index is 1.79. The molecule has 0 spiro atoms. The molecule has 0 atom stereocenters. The molecule has 0 saturated heterocycles. The Morgan fingerprint density at radius 1 is 1.41 bits per heavy atom. The molecule has 3 heterocycles. The number of nitrogens with zero attached hydrogens (tertiary/aromatic N) is 4. The third kappa shape index (κ3) is 1.99. The highest BCUT2D eigenvalue weighted by molar-refractivity contribution is 7.09. The number of fused-ring (bicyclic) bond motifs is 1. The number of aryl methyl sites for hydroxylation is 1. The normalized spacial score (nSPS) is 10.9.